The Morgan fingerprint density at radius 2 is 1.72 bits per heavy atom. The third-order valence-corrected chi connectivity index (χ3v) is 6.89. The van der Waals surface area contributed by atoms with Gasteiger partial charge in [-0.2, -0.15) is 0 Å². The number of carbonyl (C=O) groups excluding carboxylic acids is 1. The van der Waals surface area contributed by atoms with Crippen LogP contribution in [0.4, 0.5) is 4.39 Å². The van der Waals surface area contributed by atoms with E-state index in [2.05, 4.69) is 25.2 Å². The zero-order valence-electron chi connectivity index (χ0n) is 10.5. The highest BCUT2D eigenvalue weighted by Gasteiger charge is 2.28. The Balaban J connectivity index is 2.57. The molecule has 0 spiro atoms. The van der Waals surface area contributed by atoms with Gasteiger partial charge in [0.05, 0.1) is 0 Å². The molecule has 0 unspecified atom stereocenters. The minimum Gasteiger partial charge on any atom is -0.298 e. The van der Waals surface area contributed by atoms with Crippen LogP contribution in [0, 0.1) is 5.82 Å². The van der Waals surface area contributed by atoms with E-state index in [4.69, 9.17) is 0 Å². The van der Waals surface area contributed by atoms with Crippen molar-refractivity contribution in [3.8, 4) is 0 Å². The zero-order chi connectivity index (χ0) is 13.2. The fourth-order valence-electron chi connectivity index (χ4n) is 2.21. The molecule has 2 aromatic carbocycles. The van der Waals surface area contributed by atoms with Crippen LogP contribution < -0.4 is 10.4 Å². The summed E-state index contributed by atoms with van der Waals surface area (Å²) in [5.41, 5.74) is 0.468. The lowest BCUT2D eigenvalue weighted by Gasteiger charge is -2.25. The second kappa shape index (κ2) is 4.86. The molecule has 0 bridgehead atoms. The molecule has 0 aromatic heterocycles. The lowest BCUT2D eigenvalue weighted by molar-refractivity contribution is 0.112. The molecule has 0 fully saturated rings. The molecule has 92 valence electrons. The summed E-state index contributed by atoms with van der Waals surface area (Å²) in [6.45, 7) is 4.34. The molecular formula is C15H15FOSi. The highest BCUT2D eigenvalue weighted by atomic mass is 28.3. The molecule has 0 aliphatic heterocycles. The third-order valence-electron chi connectivity index (χ3n) is 3.31. The first kappa shape index (κ1) is 12.7. The van der Waals surface area contributed by atoms with Crippen molar-refractivity contribution in [1.82, 2.24) is 0 Å². The van der Waals surface area contributed by atoms with Gasteiger partial charge in [0.15, 0.2) is 0 Å². The zero-order valence-corrected chi connectivity index (χ0v) is 11.5. The Morgan fingerprint density at radius 1 is 1.06 bits per heavy atom. The van der Waals surface area contributed by atoms with Crippen molar-refractivity contribution in [1.29, 1.82) is 0 Å². The Bertz CT molecular complexity index is 564. The molecule has 0 N–H and O–H groups in total. The van der Waals surface area contributed by atoms with E-state index in [1.807, 2.05) is 18.2 Å². The SMILES string of the molecule is C[Si](C)(c1ccccc1)c1ccc(F)cc1C=O. The van der Waals surface area contributed by atoms with Crippen molar-refractivity contribution < 1.29 is 9.18 Å². The topological polar surface area (TPSA) is 17.1 Å². The molecule has 0 aliphatic rings. The van der Waals surface area contributed by atoms with Crippen LogP contribution in [0.1, 0.15) is 10.4 Å². The smallest absolute Gasteiger partial charge is 0.150 e. The number of hydrogen-bond acceptors (Lipinski definition) is 1. The van der Waals surface area contributed by atoms with Crippen LogP contribution in [-0.4, -0.2) is 14.4 Å². The second-order valence-corrected chi connectivity index (χ2v) is 9.21. The van der Waals surface area contributed by atoms with Crippen molar-refractivity contribution in [3.63, 3.8) is 0 Å². The van der Waals surface area contributed by atoms with Gasteiger partial charge in [0.2, 0.25) is 0 Å². The highest BCUT2D eigenvalue weighted by molar-refractivity contribution is 7.00. The Labute approximate surface area is 107 Å². The first-order valence-corrected chi connectivity index (χ1v) is 8.86. The molecule has 2 aromatic rings. The van der Waals surface area contributed by atoms with Crippen LogP contribution in [0.15, 0.2) is 48.5 Å². The van der Waals surface area contributed by atoms with E-state index >= 15 is 0 Å². The van der Waals surface area contributed by atoms with Crippen LogP contribution in [0.2, 0.25) is 13.1 Å². The van der Waals surface area contributed by atoms with Crippen molar-refractivity contribution in [2.75, 3.05) is 0 Å². The van der Waals surface area contributed by atoms with E-state index < -0.39 is 8.07 Å². The van der Waals surface area contributed by atoms with Gasteiger partial charge in [-0.3, -0.25) is 4.79 Å². The summed E-state index contributed by atoms with van der Waals surface area (Å²) in [6.07, 6.45) is 0.746. The van der Waals surface area contributed by atoms with Crippen LogP contribution >= 0.6 is 0 Å². The molecule has 0 aliphatic carbocycles. The average molecular weight is 258 g/mol. The molecule has 1 nitrogen and oxygen atoms in total. The van der Waals surface area contributed by atoms with Gasteiger partial charge >= 0.3 is 0 Å². The van der Waals surface area contributed by atoms with Gasteiger partial charge in [0.25, 0.3) is 0 Å². The Morgan fingerprint density at radius 3 is 2.33 bits per heavy atom. The van der Waals surface area contributed by atoms with Gasteiger partial charge in [0.1, 0.15) is 20.2 Å². The van der Waals surface area contributed by atoms with Crippen molar-refractivity contribution in [2.24, 2.45) is 0 Å². The summed E-state index contributed by atoms with van der Waals surface area (Å²) >= 11 is 0. The molecule has 0 heterocycles. The Hall–Kier alpha value is -1.74. The van der Waals surface area contributed by atoms with E-state index in [0.29, 0.717) is 5.56 Å². The van der Waals surface area contributed by atoms with E-state index in [0.717, 1.165) is 11.5 Å². The van der Waals surface area contributed by atoms with Crippen LogP contribution in [0.25, 0.3) is 0 Å². The molecule has 0 saturated heterocycles. The summed E-state index contributed by atoms with van der Waals surface area (Å²) < 4.78 is 13.2. The number of halogens is 1. The van der Waals surface area contributed by atoms with Crippen molar-refractivity contribution in [3.05, 3.63) is 59.9 Å². The summed E-state index contributed by atoms with van der Waals surface area (Å²) in [4.78, 5) is 11.1. The van der Waals surface area contributed by atoms with E-state index in [9.17, 15) is 9.18 Å². The molecular weight excluding hydrogens is 243 g/mol. The number of rotatable bonds is 3. The maximum Gasteiger partial charge on any atom is 0.150 e. The molecule has 18 heavy (non-hydrogen) atoms. The number of aldehydes is 1. The fourth-order valence-corrected chi connectivity index (χ4v) is 4.90. The van der Waals surface area contributed by atoms with Gasteiger partial charge in [0, 0.05) is 5.56 Å². The molecule has 3 heteroatoms. The molecule has 0 radical (unpaired) electrons. The summed E-state index contributed by atoms with van der Waals surface area (Å²) in [6, 6.07) is 14.6. The minimum atomic E-state index is -1.94. The first-order chi connectivity index (χ1) is 8.55. The number of benzene rings is 2. The van der Waals surface area contributed by atoms with Crippen molar-refractivity contribution in [2.45, 2.75) is 13.1 Å². The normalized spacial score (nSPS) is 11.3. The van der Waals surface area contributed by atoms with E-state index in [1.54, 1.807) is 6.07 Å². The van der Waals surface area contributed by atoms with E-state index in [1.165, 1.54) is 17.3 Å². The summed E-state index contributed by atoms with van der Waals surface area (Å²) in [5.74, 6) is -0.362. The van der Waals surface area contributed by atoms with Gasteiger partial charge in [-0.25, -0.2) is 4.39 Å². The number of carbonyl (C=O) groups is 1. The molecule has 0 saturated carbocycles. The standard InChI is InChI=1S/C15H15FOSi/c1-18(2,14-6-4-3-5-7-14)15-9-8-13(16)10-12(15)11-17/h3-11H,1-2H3. The largest absolute Gasteiger partial charge is 0.298 e. The summed E-state index contributed by atoms with van der Waals surface area (Å²) in [5, 5.41) is 2.21. The second-order valence-electron chi connectivity index (χ2n) is 4.84. The predicted molar refractivity (Wildman–Crippen MR) is 75.0 cm³/mol. The van der Waals surface area contributed by atoms with Gasteiger partial charge in [-0.1, -0.05) is 54.7 Å². The quantitative estimate of drug-likeness (QED) is 0.610. The maximum atomic E-state index is 13.2. The maximum absolute atomic E-state index is 13.2. The first-order valence-electron chi connectivity index (χ1n) is 5.86. The van der Waals surface area contributed by atoms with Crippen LogP contribution in [0.5, 0.6) is 0 Å². The predicted octanol–water partition coefficient (Wildman–Crippen LogP) is 2.46. The minimum absolute atomic E-state index is 0.362. The van der Waals surface area contributed by atoms with Crippen molar-refractivity contribution >= 4 is 24.7 Å². The Kier molecular flexibility index (Phi) is 3.43. The molecule has 0 atom stereocenters. The molecule has 0 amide bonds. The third kappa shape index (κ3) is 2.27. The average Bonchev–Trinajstić information content (AvgIpc) is 2.39. The van der Waals surface area contributed by atoms with Gasteiger partial charge in [-0.05, 0) is 17.3 Å². The van der Waals surface area contributed by atoms with E-state index in [-0.39, 0.29) is 5.82 Å². The van der Waals surface area contributed by atoms with Crippen LogP contribution in [-0.2, 0) is 0 Å². The highest BCUT2D eigenvalue weighted by Crippen LogP contribution is 2.09. The number of hydrogen-bond donors (Lipinski definition) is 0. The monoisotopic (exact) mass is 258 g/mol. The van der Waals surface area contributed by atoms with Crippen LogP contribution in [0.3, 0.4) is 0 Å². The van der Waals surface area contributed by atoms with Gasteiger partial charge < -0.3 is 0 Å². The lowest BCUT2D eigenvalue weighted by Crippen LogP contribution is -2.54. The fraction of sp³-hybridized carbons (Fsp3) is 0.133. The lowest BCUT2D eigenvalue weighted by atomic mass is 10.2. The molecule has 2 rings (SSSR count). The summed E-state index contributed by atoms with van der Waals surface area (Å²) in [7, 11) is -1.94. The van der Waals surface area contributed by atoms with Gasteiger partial charge in [-0.15, -0.1) is 0 Å².